The van der Waals surface area contributed by atoms with Gasteiger partial charge in [0.05, 0.1) is 6.10 Å². The maximum Gasteiger partial charge on any atom is 0.0572 e. The summed E-state index contributed by atoms with van der Waals surface area (Å²) in [5.74, 6) is 0. The molecule has 0 saturated heterocycles. The topological polar surface area (TPSA) is 21.3 Å². The lowest BCUT2D eigenvalue weighted by molar-refractivity contribution is 0.0626. The van der Waals surface area contributed by atoms with Gasteiger partial charge in [0, 0.05) is 13.2 Å². The van der Waals surface area contributed by atoms with Gasteiger partial charge < -0.3 is 10.1 Å². The van der Waals surface area contributed by atoms with E-state index in [-0.39, 0.29) is 0 Å². The molecule has 1 N–H and O–H groups in total. The highest BCUT2D eigenvalue weighted by molar-refractivity contribution is 5.14. The van der Waals surface area contributed by atoms with Gasteiger partial charge in [0.25, 0.3) is 0 Å². The minimum atomic E-state index is 0.507. The fourth-order valence-corrected chi connectivity index (χ4v) is 2.75. The fourth-order valence-electron chi connectivity index (χ4n) is 2.75. The third-order valence-corrected chi connectivity index (χ3v) is 3.93. The van der Waals surface area contributed by atoms with Crippen LogP contribution in [0.3, 0.4) is 0 Å². The van der Waals surface area contributed by atoms with Gasteiger partial charge in [0.2, 0.25) is 0 Å². The quantitative estimate of drug-likeness (QED) is 0.780. The minimum Gasteiger partial charge on any atom is -0.381 e. The molecule has 1 fully saturated rings. The van der Waals surface area contributed by atoms with Gasteiger partial charge in [-0.2, -0.15) is 0 Å². The normalized spacial score (nSPS) is 24.1. The Morgan fingerprint density at radius 3 is 2.50 bits per heavy atom. The largest absolute Gasteiger partial charge is 0.381 e. The van der Waals surface area contributed by atoms with Crippen molar-refractivity contribution in [1.82, 2.24) is 5.32 Å². The molecule has 0 heterocycles. The summed E-state index contributed by atoms with van der Waals surface area (Å²) in [6.07, 6.45) is 7.88. The summed E-state index contributed by atoms with van der Waals surface area (Å²) in [6.45, 7) is 1.14. The molecule has 18 heavy (non-hydrogen) atoms. The van der Waals surface area contributed by atoms with Crippen molar-refractivity contribution in [3.05, 3.63) is 35.9 Å². The van der Waals surface area contributed by atoms with Crippen LogP contribution < -0.4 is 5.32 Å². The van der Waals surface area contributed by atoms with Gasteiger partial charge in [-0.15, -0.1) is 0 Å². The van der Waals surface area contributed by atoms with Gasteiger partial charge in [-0.05, 0) is 50.6 Å². The fraction of sp³-hybridized carbons (Fsp3) is 0.625. The van der Waals surface area contributed by atoms with E-state index in [1.54, 1.807) is 0 Å². The average Bonchev–Trinajstić information content (AvgIpc) is 2.45. The van der Waals surface area contributed by atoms with Crippen molar-refractivity contribution < 1.29 is 4.74 Å². The number of ether oxygens (including phenoxy) is 1. The summed E-state index contributed by atoms with van der Waals surface area (Å²) in [5.41, 5.74) is 1.45. The Balaban J connectivity index is 1.56. The van der Waals surface area contributed by atoms with Crippen molar-refractivity contribution in [2.24, 2.45) is 0 Å². The molecule has 1 aromatic rings. The first kappa shape index (κ1) is 13.6. The van der Waals surface area contributed by atoms with Crippen molar-refractivity contribution in [2.45, 2.75) is 50.7 Å². The maximum absolute atomic E-state index is 5.40. The molecule has 2 nitrogen and oxygen atoms in total. The molecule has 1 aliphatic rings. The van der Waals surface area contributed by atoms with E-state index in [0.717, 1.165) is 6.54 Å². The van der Waals surface area contributed by atoms with E-state index in [0.29, 0.717) is 12.1 Å². The third-order valence-electron chi connectivity index (χ3n) is 3.93. The van der Waals surface area contributed by atoms with E-state index < -0.39 is 0 Å². The van der Waals surface area contributed by atoms with Crippen LogP contribution in [0.4, 0.5) is 0 Å². The molecule has 0 aliphatic heterocycles. The van der Waals surface area contributed by atoms with E-state index >= 15 is 0 Å². The van der Waals surface area contributed by atoms with Crippen LogP contribution in [-0.4, -0.2) is 25.8 Å². The summed E-state index contributed by atoms with van der Waals surface area (Å²) in [6, 6.07) is 11.5. The molecule has 2 rings (SSSR count). The standard InChI is InChI=1S/C16H25NO/c1-18-16-11-9-15(10-12-16)17-13-5-8-14-6-3-2-4-7-14/h2-4,6-7,15-17H,5,8-13H2,1H3. The highest BCUT2D eigenvalue weighted by atomic mass is 16.5. The van der Waals surface area contributed by atoms with E-state index in [9.17, 15) is 0 Å². The number of aryl methyl sites for hydroxylation is 1. The Bertz CT molecular complexity index is 317. The van der Waals surface area contributed by atoms with Crippen molar-refractivity contribution in [2.75, 3.05) is 13.7 Å². The molecule has 0 unspecified atom stereocenters. The molecule has 0 radical (unpaired) electrons. The lowest BCUT2D eigenvalue weighted by atomic mass is 9.93. The summed E-state index contributed by atoms with van der Waals surface area (Å²) in [5, 5.41) is 3.68. The first-order chi connectivity index (χ1) is 8.88. The van der Waals surface area contributed by atoms with Crippen LogP contribution in [0, 0.1) is 0 Å². The Morgan fingerprint density at radius 2 is 1.83 bits per heavy atom. The van der Waals surface area contributed by atoms with Crippen molar-refractivity contribution >= 4 is 0 Å². The average molecular weight is 247 g/mol. The molecule has 0 atom stereocenters. The number of benzene rings is 1. The lowest BCUT2D eigenvalue weighted by Gasteiger charge is -2.28. The molecule has 1 aromatic carbocycles. The summed E-state index contributed by atoms with van der Waals surface area (Å²) < 4.78 is 5.40. The maximum atomic E-state index is 5.40. The minimum absolute atomic E-state index is 0.507. The van der Waals surface area contributed by atoms with Crippen LogP contribution in [-0.2, 0) is 11.2 Å². The molecule has 0 amide bonds. The zero-order valence-electron chi connectivity index (χ0n) is 11.4. The van der Waals surface area contributed by atoms with E-state index in [1.807, 2.05) is 7.11 Å². The Morgan fingerprint density at radius 1 is 1.11 bits per heavy atom. The van der Waals surface area contributed by atoms with Crippen LogP contribution in [0.15, 0.2) is 30.3 Å². The van der Waals surface area contributed by atoms with Crippen LogP contribution in [0.2, 0.25) is 0 Å². The zero-order chi connectivity index (χ0) is 12.6. The van der Waals surface area contributed by atoms with Gasteiger partial charge >= 0.3 is 0 Å². The number of hydrogen-bond acceptors (Lipinski definition) is 2. The van der Waals surface area contributed by atoms with Crippen LogP contribution in [0.5, 0.6) is 0 Å². The number of methoxy groups -OCH3 is 1. The highest BCUT2D eigenvalue weighted by Gasteiger charge is 2.19. The van der Waals surface area contributed by atoms with Crippen molar-refractivity contribution in [3.8, 4) is 0 Å². The lowest BCUT2D eigenvalue weighted by Crippen LogP contribution is -2.35. The molecule has 0 bridgehead atoms. The number of rotatable bonds is 6. The first-order valence-corrected chi connectivity index (χ1v) is 7.18. The number of nitrogens with one attached hydrogen (secondary N) is 1. The van der Waals surface area contributed by atoms with E-state index in [4.69, 9.17) is 4.74 Å². The summed E-state index contributed by atoms with van der Waals surface area (Å²) in [4.78, 5) is 0. The molecular weight excluding hydrogens is 222 g/mol. The molecule has 2 heteroatoms. The Kier molecular flexibility index (Phi) is 5.69. The SMILES string of the molecule is COC1CCC(NCCCc2ccccc2)CC1. The number of hydrogen-bond donors (Lipinski definition) is 1. The zero-order valence-corrected chi connectivity index (χ0v) is 11.4. The van der Waals surface area contributed by atoms with Gasteiger partial charge in [0.1, 0.15) is 0 Å². The van der Waals surface area contributed by atoms with Gasteiger partial charge in [0.15, 0.2) is 0 Å². The van der Waals surface area contributed by atoms with E-state index in [2.05, 4.69) is 35.6 Å². The van der Waals surface area contributed by atoms with Gasteiger partial charge in [-0.1, -0.05) is 30.3 Å². The van der Waals surface area contributed by atoms with E-state index in [1.165, 1.54) is 44.1 Å². The molecule has 1 saturated carbocycles. The van der Waals surface area contributed by atoms with Crippen molar-refractivity contribution in [1.29, 1.82) is 0 Å². The van der Waals surface area contributed by atoms with Crippen molar-refractivity contribution in [3.63, 3.8) is 0 Å². The first-order valence-electron chi connectivity index (χ1n) is 7.18. The van der Waals surface area contributed by atoms with Crippen LogP contribution >= 0.6 is 0 Å². The molecule has 1 aliphatic carbocycles. The molecule has 100 valence electrons. The second-order valence-electron chi connectivity index (χ2n) is 5.25. The smallest absolute Gasteiger partial charge is 0.0572 e. The molecule has 0 aromatic heterocycles. The van der Waals surface area contributed by atoms with Crippen LogP contribution in [0.1, 0.15) is 37.7 Å². The second-order valence-corrected chi connectivity index (χ2v) is 5.25. The third kappa shape index (κ3) is 4.43. The molecule has 0 spiro atoms. The predicted molar refractivity (Wildman–Crippen MR) is 75.8 cm³/mol. The van der Waals surface area contributed by atoms with Crippen LogP contribution in [0.25, 0.3) is 0 Å². The Hall–Kier alpha value is -0.860. The monoisotopic (exact) mass is 247 g/mol. The Labute approximate surface area is 111 Å². The summed E-state index contributed by atoms with van der Waals surface area (Å²) in [7, 11) is 1.83. The molecular formula is C16H25NO. The summed E-state index contributed by atoms with van der Waals surface area (Å²) >= 11 is 0. The highest BCUT2D eigenvalue weighted by Crippen LogP contribution is 2.20. The van der Waals surface area contributed by atoms with Gasteiger partial charge in [-0.25, -0.2) is 0 Å². The van der Waals surface area contributed by atoms with Gasteiger partial charge in [-0.3, -0.25) is 0 Å². The second kappa shape index (κ2) is 7.55. The predicted octanol–water partition coefficient (Wildman–Crippen LogP) is 3.17.